The van der Waals surface area contributed by atoms with Gasteiger partial charge in [-0.3, -0.25) is 30.4 Å². The number of rotatable bonds is 7. The zero-order valence-electron chi connectivity index (χ0n) is 22.4. The molecule has 202 valence electrons. The van der Waals surface area contributed by atoms with Crippen LogP contribution in [0.4, 0.5) is 17.1 Å². The lowest BCUT2D eigenvalue weighted by atomic mass is 9.49. The molecule has 10 nitrogen and oxygen atoms in total. The van der Waals surface area contributed by atoms with E-state index in [9.17, 15) is 25.0 Å². The van der Waals surface area contributed by atoms with Crippen LogP contribution < -0.4 is 5.43 Å². The van der Waals surface area contributed by atoms with Crippen LogP contribution in [0.25, 0.3) is 0 Å². The molecule has 38 heavy (non-hydrogen) atoms. The topological polar surface area (TPSA) is 137 Å². The number of aryl methyl sites for hydroxylation is 1. The number of hydrazone groups is 1. The van der Waals surface area contributed by atoms with E-state index in [2.05, 4.69) is 43.4 Å². The Balaban J connectivity index is 1.72. The number of fused-ring (bicyclic) bond motifs is 3. The van der Waals surface area contributed by atoms with Crippen LogP contribution in [0.3, 0.4) is 0 Å². The molecule has 0 amide bonds. The smallest absolute Gasteiger partial charge is 0.311 e. The fourth-order valence-corrected chi connectivity index (χ4v) is 6.69. The maximum absolute atomic E-state index is 12.9. The molecule has 4 rings (SSSR count). The SMILES string of the molecule is COC(=O)[C@]1(C)CCC[C@]2(C)c3cc(C=NNc4ccc([N+](=O)[O-])cc4[N+](=O)[O-])c(C(C)C)cc3CC[C@@H]12. The van der Waals surface area contributed by atoms with Gasteiger partial charge in [0.25, 0.3) is 5.69 Å². The molecule has 2 aliphatic rings. The van der Waals surface area contributed by atoms with E-state index in [0.717, 1.165) is 49.3 Å². The van der Waals surface area contributed by atoms with Crippen LogP contribution in [0.2, 0.25) is 0 Å². The third kappa shape index (κ3) is 4.63. The highest BCUT2D eigenvalue weighted by Crippen LogP contribution is 2.58. The fourth-order valence-electron chi connectivity index (χ4n) is 6.69. The Hall–Kier alpha value is -3.82. The van der Waals surface area contributed by atoms with Gasteiger partial charge in [0, 0.05) is 6.07 Å². The molecule has 0 radical (unpaired) electrons. The summed E-state index contributed by atoms with van der Waals surface area (Å²) in [4.78, 5) is 34.0. The summed E-state index contributed by atoms with van der Waals surface area (Å²) in [7, 11) is 1.46. The number of anilines is 1. The highest BCUT2D eigenvalue weighted by atomic mass is 16.6. The second-order valence-electron chi connectivity index (χ2n) is 11.1. The lowest BCUT2D eigenvalue weighted by Crippen LogP contribution is -2.52. The number of hydrogen-bond donors (Lipinski definition) is 1. The van der Waals surface area contributed by atoms with E-state index < -0.39 is 20.9 Å². The first-order valence-corrected chi connectivity index (χ1v) is 12.9. The van der Waals surface area contributed by atoms with Crippen molar-refractivity contribution in [3.05, 3.63) is 72.8 Å². The number of methoxy groups -OCH3 is 1. The molecule has 0 saturated heterocycles. The standard InChI is InChI=1S/C28H34N4O6/c1-17(2)21-13-18-7-10-25-27(3,11-6-12-28(25,4)26(33)38-5)22(18)14-19(21)16-29-30-23-9-8-20(31(34)35)15-24(23)32(36)37/h8-9,13-17,25,30H,6-7,10-12H2,1-5H3/t25-,27-,28-/m1/s1. The summed E-state index contributed by atoms with van der Waals surface area (Å²) in [5.74, 6) is 0.221. The molecule has 0 bridgehead atoms. The largest absolute Gasteiger partial charge is 0.469 e. The highest BCUT2D eigenvalue weighted by Gasteiger charge is 2.55. The summed E-state index contributed by atoms with van der Waals surface area (Å²) in [5.41, 5.74) is 5.75. The predicted molar refractivity (Wildman–Crippen MR) is 145 cm³/mol. The van der Waals surface area contributed by atoms with Gasteiger partial charge in [-0.1, -0.05) is 33.3 Å². The summed E-state index contributed by atoms with van der Waals surface area (Å²) < 4.78 is 5.24. The van der Waals surface area contributed by atoms with E-state index in [-0.39, 0.29) is 34.6 Å². The Morgan fingerprint density at radius 3 is 2.53 bits per heavy atom. The van der Waals surface area contributed by atoms with Crippen molar-refractivity contribution in [2.45, 2.75) is 71.1 Å². The van der Waals surface area contributed by atoms with Crippen LogP contribution in [0, 0.1) is 31.6 Å². The summed E-state index contributed by atoms with van der Waals surface area (Å²) in [6.45, 7) is 8.51. The van der Waals surface area contributed by atoms with Crippen molar-refractivity contribution in [2.24, 2.45) is 16.4 Å². The van der Waals surface area contributed by atoms with Gasteiger partial charge in [0.05, 0.1) is 34.7 Å². The Bertz CT molecular complexity index is 1320. The van der Waals surface area contributed by atoms with Gasteiger partial charge in [-0.25, -0.2) is 0 Å². The molecule has 1 N–H and O–H groups in total. The summed E-state index contributed by atoms with van der Waals surface area (Å²) >= 11 is 0. The van der Waals surface area contributed by atoms with Crippen LogP contribution in [0.15, 0.2) is 35.4 Å². The molecular weight excluding hydrogens is 488 g/mol. The maximum Gasteiger partial charge on any atom is 0.311 e. The minimum atomic E-state index is -0.675. The monoisotopic (exact) mass is 522 g/mol. The number of ether oxygens (including phenoxy) is 1. The molecule has 2 aromatic carbocycles. The second-order valence-corrected chi connectivity index (χ2v) is 11.1. The summed E-state index contributed by atoms with van der Waals surface area (Å²) in [6.07, 6.45) is 6.17. The Labute approximate surface area is 221 Å². The van der Waals surface area contributed by atoms with Crippen molar-refractivity contribution in [3.8, 4) is 0 Å². The minimum absolute atomic E-state index is 0.0639. The van der Waals surface area contributed by atoms with Crippen LogP contribution >= 0.6 is 0 Å². The number of nitro benzene ring substituents is 2. The molecule has 2 aromatic rings. The summed E-state index contributed by atoms with van der Waals surface area (Å²) in [6, 6.07) is 7.80. The van der Waals surface area contributed by atoms with Gasteiger partial charge >= 0.3 is 11.7 Å². The number of hydrogen-bond acceptors (Lipinski definition) is 8. The first kappa shape index (κ1) is 27.2. The fraction of sp³-hybridized carbons (Fsp3) is 0.500. The van der Waals surface area contributed by atoms with Gasteiger partial charge < -0.3 is 4.74 Å². The second kappa shape index (κ2) is 10.2. The van der Waals surface area contributed by atoms with Gasteiger partial charge in [0.2, 0.25) is 0 Å². The molecular formula is C28H34N4O6. The number of nitro groups is 2. The van der Waals surface area contributed by atoms with Gasteiger partial charge in [-0.05, 0) is 84.2 Å². The van der Waals surface area contributed by atoms with Crippen molar-refractivity contribution >= 4 is 29.2 Å². The molecule has 2 aliphatic carbocycles. The maximum atomic E-state index is 12.9. The van der Waals surface area contributed by atoms with E-state index >= 15 is 0 Å². The molecule has 0 spiro atoms. The molecule has 0 aromatic heterocycles. The average Bonchev–Trinajstić information content (AvgIpc) is 2.87. The van der Waals surface area contributed by atoms with Crippen molar-refractivity contribution in [1.29, 1.82) is 0 Å². The number of nitrogens with one attached hydrogen (secondary N) is 1. The number of carbonyl (C=O) groups is 1. The third-order valence-electron chi connectivity index (χ3n) is 8.61. The van der Waals surface area contributed by atoms with Crippen LogP contribution in [-0.4, -0.2) is 29.1 Å². The van der Waals surface area contributed by atoms with Crippen molar-refractivity contribution in [2.75, 3.05) is 12.5 Å². The zero-order chi connectivity index (χ0) is 27.8. The number of nitrogens with zero attached hydrogens (tertiary/aromatic N) is 3. The van der Waals surface area contributed by atoms with Crippen molar-refractivity contribution in [3.63, 3.8) is 0 Å². The van der Waals surface area contributed by atoms with Crippen LogP contribution in [0.1, 0.15) is 81.5 Å². The van der Waals surface area contributed by atoms with Gasteiger partial charge in [0.15, 0.2) is 0 Å². The summed E-state index contributed by atoms with van der Waals surface area (Å²) in [5, 5.41) is 26.8. The molecule has 0 aliphatic heterocycles. The Kier molecular flexibility index (Phi) is 7.27. The van der Waals surface area contributed by atoms with Gasteiger partial charge in [-0.2, -0.15) is 5.10 Å². The van der Waals surface area contributed by atoms with E-state index in [1.807, 2.05) is 6.92 Å². The molecule has 3 atom stereocenters. The van der Waals surface area contributed by atoms with Gasteiger partial charge in [-0.15, -0.1) is 0 Å². The minimum Gasteiger partial charge on any atom is -0.469 e. The average molecular weight is 523 g/mol. The molecule has 1 fully saturated rings. The van der Waals surface area contributed by atoms with Gasteiger partial charge in [0.1, 0.15) is 5.69 Å². The van der Waals surface area contributed by atoms with Crippen molar-refractivity contribution < 1.29 is 19.4 Å². The van der Waals surface area contributed by atoms with Crippen LogP contribution in [0.5, 0.6) is 0 Å². The van der Waals surface area contributed by atoms with E-state index in [4.69, 9.17) is 4.74 Å². The third-order valence-corrected chi connectivity index (χ3v) is 8.61. The Morgan fingerprint density at radius 1 is 1.16 bits per heavy atom. The first-order chi connectivity index (χ1) is 17.9. The van der Waals surface area contributed by atoms with Crippen LogP contribution in [-0.2, 0) is 21.4 Å². The highest BCUT2D eigenvalue weighted by molar-refractivity contribution is 5.84. The Morgan fingerprint density at radius 2 is 1.89 bits per heavy atom. The van der Waals surface area contributed by atoms with E-state index in [0.29, 0.717) is 0 Å². The number of benzene rings is 2. The molecule has 1 saturated carbocycles. The normalized spacial score (nSPS) is 24.5. The molecule has 0 heterocycles. The molecule has 0 unspecified atom stereocenters. The number of esters is 1. The molecule has 10 heteroatoms. The van der Waals surface area contributed by atoms with E-state index in [1.165, 1.54) is 30.4 Å². The zero-order valence-corrected chi connectivity index (χ0v) is 22.4. The predicted octanol–water partition coefficient (Wildman–Crippen LogP) is 6.26. The van der Waals surface area contributed by atoms with E-state index in [1.54, 1.807) is 6.21 Å². The number of carbonyl (C=O) groups excluding carboxylic acids is 1. The lowest BCUT2D eigenvalue weighted by molar-refractivity contribution is -0.393. The number of non-ortho nitro benzene ring substituents is 1. The first-order valence-electron chi connectivity index (χ1n) is 12.9. The van der Waals surface area contributed by atoms with Crippen molar-refractivity contribution in [1.82, 2.24) is 0 Å². The lowest BCUT2D eigenvalue weighted by Gasteiger charge is -2.54. The quantitative estimate of drug-likeness (QED) is 0.196.